The molecule has 4 heteroatoms. The minimum absolute atomic E-state index is 0.680. The molecule has 138 valence electrons. The molecule has 0 N–H and O–H groups in total. The third-order valence-corrected chi connectivity index (χ3v) is 8.36. The Bertz CT molecular complexity index is 461. The third-order valence-electron chi connectivity index (χ3n) is 4.57. The van der Waals surface area contributed by atoms with Crippen LogP contribution < -0.4 is 4.43 Å². The summed E-state index contributed by atoms with van der Waals surface area (Å²) in [7, 11) is -2.20. The smallest absolute Gasteiger partial charge is 0.398 e. The van der Waals surface area contributed by atoms with Crippen LogP contribution in [0.25, 0.3) is 0 Å². The fourth-order valence-electron chi connectivity index (χ4n) is 2.83. The second-order valence-electron chi connectivity index (χ2n) is 6.62. The average Bonchev–Trinajstić information content (AvgIpc) is 2.59. The molecule has 2 nitrogen and oxygen atoms in total. The van der Waals surface area contributed by atoms with Crippen molar-refractivity contribution in [1.82, 2.24) is 0 Å². The van der Waals surface area contributed by atoms with E-state index in [4.69, 9.17) is 20.5 Å². The Morgan fingerprint density at radius 1 is 0.917 bits per heavy atom. The summed E-state index contributed by atoms with van der Waals surface area (Å²) in [6, 6.07) is 7.84. The van der Waals surface area contributed by atoms with E-state index in [9.17, 15) is 0 Å². The number of unbranched alkanes of at least 4 members (excludes halogenated alkanes) is 6. The summed E-state index contributed by atoms with van der Waals surface area (Å²) in [5, 5.41) is 0.680. The molecule has 1 rings (SSSR count). The van der Waals surface area contributed by atoms with Gasteiger partial charge in [-0.25, -0.2) is 0 Å². The number of rotatable bonds is 13. The lowest BCUT2D eigenvalue weighted by Gasteiger charge is -2.30. The zero-order valence-corrected chi connectivity index (χ0v) is 17.8. The number of benzene rings is 1. The molecule has 1 aromatic rings. The second-order valence-corrected chi connectivity index (χ2v) is 10.8. The highest BCUT2D eigenvalue weighted by atomic mass is 35.5. The molecular formula is C20H35ClO2Si. The lowest BCUT2D eigenvalue weighted by atomic mass is 10.1. The molecule has 0 atom stereocenters. The second kappa shape index (κ2) is 11.9. The minimum Gasteiger partial charge on any atom is -0.519 e. The van der Waals surface area contributed by atoms with E-state index in [0.717, 1.165) is 36.4 Å². The van der Waals surface area contributed by atoms with E-state index in [-0.39, 0.29) is 0 Å². The van der Waals surface area contributed by atoms with Gasteiger partial charge < -0.3 is 8.85 Å². The normalized spacial score (nSPS) is 11.7. The third kappa shape index (κ3) is 7.58. The molecule has 0 spiro atoms. The topological polar surface area (TPSA) is 18.5 Å². The van der Waals surface area contributed by atoms with Gasteiger partial charge in [-0.15, -0.1) is 0 Å². The maximum Gasteiger partial charge on any atom is 0.398 e. The molecule has 0 saturated heterocycles. The molecule has 0 amide bonds. The van der Waals surface area contributed by atoms with Crippen LogP contribution in [0.3, 0.4) is 0 Å². The number of hydrogen-bond donors (Lipinski definition) is 0. The molecule has 0 radical (unpaired) electrons. The van der Waals surface area contributed by atoms with Crippen molar-refractivity contribution in [1.29, 1.82) is 0 Å². The van der Waals surface area contributed by atoms with Crippen molar-refractivity contribution in [3.63, 3.8) is 0 Å². The van der Waals surface area contributed by atoms with Gasteiger partial charge in [-0.2, -0.15) is 0 Å². The largest absolute Gasteiger partial charge is 0.519 e. The molecule has 0 aromatic heterocycles. The van der Waals surface area contributed by atoms with E-state index in [1.54, 1.807) is 0 Å². The fourth-order valence-corrected chi connectivity index (χ4v) is 5.40. The van der Waals surface area contributed by atoms with Crippen molar-refractivity contribution >= 4 is 20.2 Å². The van der Waals surface area contributed by atoms with Crippen molar-refractivity contribution in [2.75, 3.05) is 6.61 Å². The van der Waals surface area contributed by atoms with E-state index in [1.165, 1.54) is 38.5 Å². The molecule has 0 aliphatic heterocycles. The lowest BCUT2D eigenvalue weighted by Crippen LogP contribution is -2.44. The van der Waals surface area contributed by atoms with Crippen molar-refractivity contribution < 1.29 is 8.85 Å². The van der Waals surface area contributed by atoms with Gasteiger partial charge in [0.15, 0.2) is 0 Å². The zero-order chi connectivity index (χ0) is 17.8. The van der Waals surface area contributed by atoms with Crippen LogP contribution in [0.2, 0.25) is 17.1 Å². The summed E-state index contributed by atoms with van der Waals surface area (Å²) in [5.74, 6) is 0.784. The molecule has 0 unspecified atom stereocenters. The molecule has 0 saturated carbocycles. The highest BCUT2D eigenvalue weighted by molar-refractivity contribution is 6.68. The number of aryl methyl sites for hydroxylation is 1. The summed E-state index contributed by atoms with van der Waals surface area (Å²) < 4.78 is 12.7. The van der Waals surface area contributed by atoms with Gasteiger partial charge in [0.05, 0.1) is 5.02 Å². The first-order chi connectivity index (χ1) is 11.6. The van der Waals surface area contributed by atoms with Gasteiger partial charge in [-0.05, 0) is 43.1 Å². The van der Waals surface area contributed by atoms with E-state index < -0.39 is 8.56 Å². The molecule has 0 aliphatic rings. The number of halogens is 1. The Labute approximate surface area is 155 Å². The summed E-state index contributed by atoms with van der Waals surface area (Å²) in [6.45, 7) is 9.47. The highest BCUT2D eigenvalue weighted by Crippen LogP contribution is 2.30. The fraction of sp³-hybridized carbons (Fsp3) is 0.700. The summed E-state index contributed by atoms with van der Waals surface area (Å²) in [4.78, 5) is 0. The van der Waals surface area contributed by atoms with Gasteiger partial charge in [-0.3, -0.25) is 0 Å². The van der Waals surface area contributed by atoms with Crippen LogP contribution in [0.5, 0.6) is 5.75 Å². The van der Waals surface area contributed by atoms with Crippen LogP contribution in [0.4, 0.5) is 0 Å². The van der Waals surface area contributed by atoms with Crippen LogP contribution in [0.1, 0.15) is 71.3 Å². The molecule has 0 bridgehead atoms. The minimum atomic E-state index is -2.20. The van der Waals surface area contributed by atoms with E-state index >= 15 is 0 Å². The Kier molecular flexibility index (Phi) is 10.7. The van der Waals surface area contributed by atoms with Crippen molar-refractivity contribution in [2.45, 2.75) is 84.7 Å². The van der Waals surface area contributed by atoms with Gasteiger partial charge >= 0.3 is 8.56 Å². The van der Waals surface area contributed by atoms with Gasteiger partial charge in [0.25, 0.3) is 0 Å². The van der Waals surface area contributed by atoms with Crippen molar-refractivity contribution in [3.05, 3.63) is 28.8 Å². The van der Waals surface area contributed by atoms with E-state index in [0.29, 0.717) is 5.02 Å². The van der Waals surface area contributed by atoms with E-state index in [1.807, 2.05) is 18.2 Å². The predicted octanol–water partition coefficient (Wildman–Crippen LogP) is 7.28. The van der Waals surface area contributed by atoms with Gasteiger partial charge in [0, 0.05) is 6.61 Å². The SMILES string of the molecule is CCCCCCCCCO[Si](CC)(CC)Oc1cc(C)ccc1Cl. The standard InChI is InChI=1S/C20H35ClO2Si/c1-5-8-9-10-11-12-13-16-22-24(6-2,7-3)23-20-17-18(4)14-15-19(20)21/h14-15,17H,5-13,16H2,1-4H3. The van der Waals surface area contributed by atoms with Crippen LogP contribution in [-0.4, -0.2) is 15.2 Å². The molecule has 0 fully saturated rings. The first-order valence-corrected chi connectivity index (χ1v) is 12.3. The highest BCUT2D eigenvalue weighted by Gasteiger charge is 2.36. The number of hydrogen-bond acceptors (Lipinski definition) is 2. The monoisotopic (exact) mass is 370 g/mol. The molecule has 0 heterocycles. The molecule has 1 aromatic carbocycles. The Morgan fingerprint density at radius 2 is 1.54 bits per heavy atom. The quantitative estimate of drug-likeness (QED) is 0.268. The summed E-state index contributed by atoms with van der Waals surface area (Å²) in [5.41, 5.74) is 1.16. The zero-order valence-electron chi connectivity index (χ0n) is 16.0. The average molecular weight is 371 g/mol. The van der Waals surface area contributed by atoms with Crippen LogP contribution in [-0.2, 0) is 4.43 Å². The van der Waals surface area contributed by atoms with Crippen LogP contribution in [0, 0.1) is 6.92 Å². The molecule has 24 heavy (non-hydrogen) atoms. The van der Waals surface area contributed by atoms with Crippen molar-refractivity contribution in [3.8, 4) is 5.75 Å². The maximum atomic E-state index is 6.36. The van der Waals surface area contributed by atoms with Crippen molar-refractivity contribution in [2.24, 2.45) is 0 Å². The van der Waals surface area contributed by atoms with Gasteiger partial charge in [0.2, 0.25) is 0 Å². The first-order valence-electron chi connectivity index (χ1n) is 9.66. The molecular weight excluding hydrogens is 336 g/mol. The molecule has 0 aliphatic carbocycles. The van der Waals surface area contributed by atoms with Gasteiger partial charge in [0.1, 0.15) is 5.75 Å². The maximum absolute atomic E-state index is 6.36. The summed E-state index contributed by atoms with van der Waals surface area (Å²) in [6.07, 6.45) is 9.11. The summed E-state index contributed by atoms with van der Waals surface area (Å²) >= 11 is 6.30. The van der Waals surface area contributed by atoms with Crippen LogP contribution in [0.15, 0.2) is 18.2 Å². The Balaban J connectivity index is 2.45. The van der Waals surface area contributed by atoms with Crippen LogP contribution >= 0.6 is 11.6 Å². The Morgan fingerprint density at radius 3 is 2.17 bits per heavy atom. The van der Waals surface area contributed by atoms with E-state index in [2.05, 4.69) is 27.7 Å². The Hall–Kier alpha value is -0.513. The predicted molar refractivity (Wildman–Crippen MR) is 107 cm³/mol. The first kappa shape index (κ1) is 21.5. The van der Waals surface area contributed by atoms with Gasteiger partial charge in [-0.1, -0.05) is 77.0 Å². The lowest BCUT2D eigenvalue weighted by molar-refractivity contribution is 0.230.